The number of hydrogen-bond donors (Lipinski definition) is 0. The molecule has 0 saturated carbocycles. The predicted octanol–water partition coefficient (Wildman–Crippen LogP) is 3.54. The van der Waals surface area contributed by atoms with Crippen molar-refractivity contribution in [1.82, 2.24) is 4.98 Å². The molecule has 0 spiro atoms. The Morgan fingerprint density at radius 1 is 1.07 bits per heavy atom. The summed E-state index contributed by atoms with van der Waals surface area (Å²) in [5, 5.41) is 0.119. The van der Waals surface area contributed by atoms with Crippen LogP contribution in [-0.4, -0.2) is 4.98 Å². The van der Waals surface area contributed by atoms with E-state index in [1.165, 1.54) is 6.07 Å². The highest BCUT2D eigenvalue weighted by Gasteiger charge is 2.08. The van der Waals surface area contributed by atoms with Crippen LogP contribution in [0.25, 0.3) is 11.3 Å². The molecule has 2 rings (SSSR count). The van der Waals surface area contributed by atoms with Crippen LogP contribution >= 0.6 is 11.6 Å². The Morgan fingerprint density at radius 2 is 1.93 bits per heavy atom. The maximum atomic E-state index is 13.5. The molecule has 3 heteroatoms. The van der Waals surface area contributed by atoms with Crippen LogP contribution in [0.15, 0.2) is 42.6 Å². The van der Waals surface area contributed by atoms with Gasteiger partial charge in [-0.25, -0.2) is 4.39 Å². The minimum absolute atomic E-state index is 0.119. The molecule has 2 aromatic rings. The van der Waals surface area contributed by atoms with Crippen LogP contribution in [0.3, 0.4) is 0 Å². The van der Waals surface area contributed by atoms with Crippen molar-refractivity contribution in [2.75, 3.05) is 0 Å². The fraction of sp³-hybridized carbons (Fsp3) is 0. The largest absolute Gasteiger partial charge is 0.256 e. The molecule has 0 saturated heterocycles. The van der Waals surface area contributed by atoms with Crippen LogP contribution in [-0.2, 0) is 0 Å². The third kappa shape index (κ3) is 1.61. The molecule has 0 unspecified atom stereocenters. The first-order chi connectivity index (χ1) is 6.79. The van der Waals surface area contributed by atoms with E-state index in [9.17, 15) is 4.39 Å². The Bertz CT molecular complexity index is 442. The predicted molar refractivity (Wildman–Crippen MR) is 54.6 cm³/mol. The van der Waals surface area contributed by atoms with E-state index >= 15 is 0 Å². The SMILES string of the molecule is Fc1c(Cl)cccc1-c1ccccn1. The van der Waals surface area contributed by atoms with Crippen molar-refractivity contribution in [3.63, 3.8) is 0 Å². The number of hydrogen-bond acceptors (Lipinski definition) is 1. The molecule has 1 nitrogen and oxygen atoms in total. The molecule has 1 aromatic carbocycles. The summed E-state index contributed by atoms with van der Waals surface area (Å²) in [7, 11) is 0. The average molecular weight is 208 g/mol. The fourth-order valence-corrected chi connectivity index (χ4v) is 1.40. The normalized spacial score (nSPS) is 10.1. The van der Waals surface area contributed by atoms with Crippen LogP contribution in [0, 0.1) is 5.82 Å². The van der Waals surface area contributed by atoms with Crippen LogP contribution < -0.4 is 0 Å². The summed E-state index contributed by atoms with van der Waals surface area (Å²) in [5.41, 5.74) is 1.02. The number of aromatic nitrogens is 1. The summed E-state index contributed by atoms with van der Waals surface area (Å²) < 4.78 is 13.5. The summed E-state index contributed by atoms with van der Waals surface area (Å²) in [4.78, 5) is 4.05. The van der Waals surface area contributed by atoms with Gasteiger partial charge in [-0.1, -0.05) is 23.7 Å². The molecule has 0 amide bonds. The molecular formula is C11H7ClFN. The summed E-state index contributed by atoms with van der Waals surface area (Å²) in [6.07, 6.45) is 1.62. The summed E-state index contributed by atoms with van der Waals surface area (Å²) in [5.74, 6) is -0.423. The van der Waals surface area contributed by atoms with Gasteiger partial charge in [0.25, 0.3) is 0 Å². The zero-order chi connectivity index (χ0) is 9.97. The Kier molecular flexibility index (Phi) is 2.46. The molecule has 70 valence electrons. The number of nitrogens with zero attached hydrogens (tertiary/aromatic N) is 1. The molecule has 0 bridgehead atoms. The van der Waals surface area contributed by atoms with Gasteiger partial charge in [0.2, 0.25) is 0 Å². The zero-order valence-corrected chi connectivity index (χ0v) is 8.00. The van der Waals surface area contributed by atoms with Crippen molar-refractivity contribution < 1.29 is 4.39 Å². The second-order valence-electron chi connectivity index (χ2n) is 2.82. The van der Waals surface area contributed by atoms with Gasteiger partial charge < -0.3 is 0 Å². The molecule has 14 heavy (non-hydrogen) atoms. The van der Waals surface area contributed by atoms with Gasteiger partial charge in [0.15, 0.2) is 5.82 Å². The monoisotopic (exact) mass is 207 g/mol. The Labute approximate surface area is 86.2 Å². The first-order valence-corrected chi connectivity index (χ1v) is 4.52. The highest BCUT2D eigenvalue weighted by atomic mass is 35.5. The molecule has 0 aliphatic heterocycles. The van der Waals surface area contributed by atoms with E-state index in [2.05, 4.69) is 4.98 Å². The van der Waals surface area contributed by atoms with Crippen LogP contribution in [0.1, 0.15) is 0 Å². The zero-order valence-electron chi connectivity index (χ0n) is 7.24. The van der Waals surface area contributed by atoms with E-state index in [0.29, 0.717) is 11.3 Å². The lowest BCUT2D eigenvalue weighted by Gasteiger charge is -2.02. The van der Waals surface area contributed by atoms with Gasteiger partial charge in [-0.2, -0.15) is 0 Å². The van der Waals surface area contributed by atoms with Crippen molar-refractivity contribution in [3.05, 3.63) is 53.4 Å². The third-order valence-electron chi connectivity index (χ3n) is 1.89. The van der Waals surface area contributed by atoms with Gasteiger partial charge in [0.05, 0.1) is 10.7 Å². The van der Waals surface area contributed by atoms with E-state index in [-0.39, 0.29) is 5.02 Å². The smallest absolute Gasteiger partial charge is 0.151 e. The van der Waals surface area contributed by atoms with E-state index in [1.54, 1.807) is 30.5 Å². The van der Waals surface area contributed by atoms with Crippen molar-refractivity contribution in [2.24, 2.45) is 0 Å². The molecule has 1 aromatic heterocycles. The van der Waals surface area contributed by atoms with Gasteiger partial charge in [-0.15, -0.1) is 0 Å². The number of benzene rings is 1. The van der Waals surface area contributed by atoms with Crippen molar-refractivity contribution in [3.8, 4) is 11.3 Å². The summed E-state index contributed by atoms with van der Waals surface area (Å²) in [6.45, 7) is 0. The molecule has 0 radical (unpaired) electrons. The van der Waals surface area contributed by atoms with Gasteiger partial charge >= 0.3 is 0 Å². The van der Waals surface area contributed by atoms with E-state index in [4.69, 9.17) is 11.6 Å². The minimum atomic E-state index is -0.423. The molecule has 0 fully saturated rings. The fourth-order valence-electron chi connectivity index (χ4n) is 1.22. The summed E-state index contributed by atoms with van der Waals surface area (Å²) >= 11 is 5.66. The van der Waals surface area contributed by atoms with E-state index in [0.717, 1.165) is 0 Å². The quantitative estimate of drug-likeness (QED) is 0.697. The van der Waals surface area contributed by atoms with Crippen LogP contribution in [0.5, 0.6) is 0 Å². The van der Waals surface area contributed by atoms with Gasteiger partial charge in [0, 0.05) is 11.8 Å². The summed E-state index contributed by atoms with van der Waals surface area (Å²) in [6, 6.07) is 10.2. The first-order valence-electron chi connectivity index (χ1n) is 4.14. The molecular weight excluding hydrogens is 201 g/mol. The Morgan fingerprint density at radius 3 is 2.64 bits per heavy atom. The van der Waals surface area contributed by atoms with E-state index in [1.807, 2.05) is 6.07 Å². The van der Waals surface area contributed by atoms with Crippen molar-refractivity contribution >= 4 is 11.6 Å². The lowest BCUT2D eigenvalue weighted by atomic mass is 10.1. The van der Waals surface area contributed by atoms with Gasteiger partial charge in [-0.05, 0) is 24.3 Å². The van der Waals surface area contributed by atoms with Crippen molar-refractivity contribution in [1.29, 1.82) is 0 Å². The maximum absolute atomic E-state index is 13.5. The standard InChI is InChI=1S/C11H7ClFN/c12-9-5-3-4-8(11(9)13)10-6-1-2-7-14-10/h1-7H. The number of pyridine rings is 1. The van der Waals surface area contributed by atoms with Gasteiger partial charge in [-0.3, -0.25) is 4.98 Å². The highest BCUT2D eigenvalue weighted by Crippen LogP contribution is 2.25. The third-order valence-corrected chi connectivity index (χ3v) is 2.18. The average Bonchev–Trinajstić information content (AvgIpc) is 2.23. The van der Waals surface area contributed by atoms with Crippen LogP contribution in [0.4, 0.5) is 4.39 Å². The Balaban J connectivity index is 2.58. The lowest BCUT2D eigenvalue weighted by Crippen LogP contribution is -1.87. The van der Waals surface area contributed by atoms with Crippen molar-refractivity contribution in [2.45, 2.75) is 0 Å². The molecule has 1 heterocycles. The Hall–Kier alpha value is -1.41. The molecule has 0 atom stereocenters. The second kappa shape index (κ2) is 3.76. The highest BCUT2D eigenvalue weighted by molar-refractivity contribution is 6.31. The van der Waals surface area contributed by atoms with Crippen LogP contribution in [0.2, 0.25) is 5.02 Å². The molecule has 0 aliphatic rings. The number of rotatable bonds is 1. The molecule has 0 aliphatic carbocycles. The second-order valence-corrected chi connectivity index (χ2v) is 3.22. The van der Waals surface area contributed by atoms with Gasteiger partial charge in [0.1, 0.15) is 0 Å². The minimum Gasteiger partial charge on any atom is -0.256 e. The maximum Gasteiger partial charge on any atom is 0.151 e. The number of halogens is 2. The topological polar surface area (TPSA) is 12.9 Å². The first kappa shape index (κ1) is 9.16. The lowest BCUT2D eigenvalue weighted by molar-refractivity contribution is 0.631. The molecule has 0 N–H and O–H groups in total. The van der Waals surface area contributed by atoms with E-state index < -0.39 is 5.82 Å².